The number of aromatic nitrogens is 1. The molecule has 2 bridgehead atoms. The number of hydrogen-bond donors (Lipinski definition) is 2. The van der Waals surface area contributed by atoms with Gasteiger partial charge < -0.3 is 20.0 Å². The fourth-order valence-corrected chi connectivity index (χ4v) is 4.17. The maximum absolute atomic E-state index is 12.5. The van der Waals surface area contributed by atoms with Crippen LogP contribution in [-0.2, 0) is 0 Å². The Balaban J connectivity index is 0.00000169. The first-order chi connectivity index (χ1) is 11.2. The van der Waals surface area contributed by atoms with Gasteiger partial charge in [0, 0.05) is 18.2 Å². The van der Waals surface area contributed by atoms with Crippen molar-refractivity contribution >= 4 is 18.3 Å². The Morgan fingerprint density at radius 2 is 2.00 bits per heavy atom. The Morgan fingerprint density at radius 3 is 2.67 bits per heavy atom. The van der Waals surface area contributed by atoms with Gasteiger partial charge in [-0.1, -0.05) is 11.6 Å². The summed E-state index contributed by atoms with van der Waals surface area (Å²) in [5.74, 6) is 1.82. The van der Waals surface area contributed by atoms with Crippen LogP contribution in [-0.4, -0.2) is 23.1 Å². The van der Waals surface area contributed by atoms with Crippen LogP contribution in [0, 0.1) is 11.8 Å². The molecule has 2 fully saturated rings. The summed E-state index contributed by atoms with van der Waals surface area (Å²) in [5.41, 5.74) is 6.43. The standard InChI is InChI=1S/C17H21N3O3.ClH/c18-12-7-10-3-1-4-11(8-12)16(10)19-17(21)13-9-15(23-20-13)14-5-2-6-22-14;/h2,5-6,9-12,16H,1,3-4,7-8,18H2,(H,19,21);1H. The van der Waals surface area contributed by atoms with Crippen LogP contribution in [0.3, 0.4) is 0 Å². The number of hydrogen-bond acceptors (Lipinski definition) is 5. The number of nitrogens with two attached hydrogens (primary N) is 1. The minimum absolute atomic E-state index is 0. The molecule has 24 heavy (non-hydrogen) atoms. The number of carbonyl (C=O) groups is 1. The van der Waals surface area contributed by atoms with Gasteiger partial charge in [-0.3, -0.25) is 4.79 Å². The van der Waals surface area contributed by atoms with Gasteiger partial charge in [0.1, 0.15) is 0 Å². The molecule has 2 heterocycles. The second-order valence-electron chi connectivity index (χ2n) is 6.74. The molecule has 130 valence electrons. The first-order valence-electron chi connectivity index (χ1n) is 8.28. The molecule has 1 amide bonds. The number of halogens is 1. The zero-order valence-corrected chi connectivity index (χ0v) is 14.1. The quantitative estimate of drug-likeness (QED) is 0.886. The molecule has 0 aliphatic heterocycles. The number of nitrogens with one attached hydrogen (secondary N) is 1. The van der Waals surface area contributed by atoms with Crippen molar-refractivity contribution in [3.05, 3.63) is 30.2 Å². The maximum Gasteiger partial charge on any atom is 0.273 e. The lowest BCUT2D eigenvalue weighted by Gasteiger charge is -2.45. The van der Waals surface area contributed by atoms with E-state index >= 15 is 0 Å². The Labute approximate surface area is 146 Å². The van der Waals surface area contributed by atoms with E-state index in [9.17, 15) is 4.79 Å². The molecule has 2 aliphatic rings. The van der Waals surface area contributed by atoms with E-state index in [4.69, 9.17) is 14.7 Å². The van der Waals surface area contributed by atoms with Crippen LogP contribution in [0.1, 0.15) is 42.6 Å². The summed E-state index contributed by atoms with van der Waals surface area (Å²) in [6.45, 7) is 0. The third-order valence-corrected chi connectivity index (χ3v) is 5.18. The highest BCUT2D eigenvalue weighted by Gasteiger charge is 2.40. The van der Waals surface area contributed by atoms with E-state index in [0.717, 1.165) is 25.7 Å². The molecule has 0 spiro atoms. The van der Waals surface area contributed by atoms with Gasteiger partial charge in [0.15, 0.2) is 11.5 Å². The van der Waals surface area contributed by atoms with E-state index in [1.54, 1.807) is 24.5 Å². The lowest BCUT2D eigenvalue weighted by atomic mass is 9.67. The van der Waals surface area contributed by atoms with Crippen molar-refractivity contribution in [2.24, 2.45) is 17.6 Å². The van der Waals surface area contributed by atoms with E-state index in [1.165, 1.54) is 6.42 Å². The predicted molar refractivity (Wildman–Crippen MR) is 90.7 cm³/mol. The van der Waals surface area contributed by atoms with Gasteiger partial charge in [-0.25, -0.2) is 0 Å². The Kier molecular flexibility index (Phi) is 4.96. The van der Waals surface area contributed by atoms with Crippen LogP contribution in [0.25, 0.3) is 11.5 Å². The summed E-state index contributed by atoms with van der Waals surface area (Å²) < 4.78 is 10.5. The average Bonchev–Trinajstić information content (AvgIpc) is 3.19. The highest BCUT2D eigenvalue weighted by Crippen LogP contribution is 2.39. The minimum atomic E-state index is -0.177. The number of nitrogens with zero attached hydrogens (tertiary/aromatic N) is 1. The largest absolute Gasteiger partial charge is 0.461 e. The Bertz CT molecular complexity index is 671. The lowest BCUT2D eigenvalue weighted by Crippen LogP contribution is -2.53. The number of carbonyl (C=O) groups excluding carboxylic acids is 1. The summed E-state index contributed by atoms with van der Waals surface area (Å²) in [4.78, 5) is 12.5. The molecule has 2 aromatic heterocycles. The van der Waals surface area contributed by atoms with Gasteiger partial charge in [-0.05, 0) is 49.7 Å². The first-order valence-corrected chi connectivity index (χ1v) is 8.28. The topological polar surface area (TPSA) is 94.3 Å². The number of amides is 1. The van der Waals surface area contributed by atoms with Crippen molar-refractivity contribution in [2.45, 2.75) is 44.2 Å². The summed E-state index contributed by atoms with van der Waals surface area (Å²) >= 11 is 0. The Hall–Kier alpha value is -1.79. The molecule has 0 saturated heterocycles. The highest BCUT2D eigenvalue weighted by atomic mass is 35.5. The van der Waals surface area contributed by atoms with Gasteiger partial charge in [0.25, 0.3) is 5.91 Å². The van der Waals surface area contributed by atoms with Crippen molar-refractivity contribution in [2.75, 3.05) is 0 Å². The summed E-state index contributed by atoms with van der Waals surface area (Å²) in [5, 5.41) is 7.04. The van der Waals surface area contributed by atoms with Gasteiger partial charge in [-0.2, -0.15) is 0 Å². The molecular weight excluding hydrogens is 330 g/mol. The van der Waals surface area contributed by atoms with E-state index in [2.05, 4.69) is 10.5 Å². The van der Waals surface area contributed by atoms with Crippen LogP contribution >= 0.6 is 12.4 Å². The molecule has 2 aromatic rings. The Morgan fingerprint density at radius 1 is 1.25 bits per heavy atom. The molecule has 7 heteroatoms. The number of fused-ring (bicyclic) bond motifs is 2. The second-order valence-corrected chi connectivity index (χ2v) is 6.74. The maximum atomic E-state index is 12.5. The van der Waals surface area contributed by atoms with Crippen molar-refractivity contribution in [1.29, 1.82) is 0 Å². The van der Waals surface area contributed by atoms with Gasteiger partial charge in [0.2, 0.25) is 5.76 Å². The van der Waals surface area contributed by atoms with Crippen LogP contribution in [0.4, 0.5) is 0 Å². The molecule has 2 aliphatic carbocycles. The zero-order valence-electron chi connectivity index (χ0n) is 13.3. The second kappa shape index (κ2) is 6.99. The van der Waals surface area contributed by atoms with E-state index in [1.807, 2.05) is 0 Å². The van der Waals surface area contributed by atoms with Gasteiger partial charge in [0.05, 0.1) is 6.26 Å². The first kappa shape index (κ1) is 17.0. The third kappa shape index (κ3) is 3.21. The SMILES string of the molecule is Cl.NC1CC2CCCC(C1)C2NC(=O)c1cc(-c2ccco2)on1. The van der Waals surface area contributed by atoms with Crippen LogP contribution in [0.15, 0.2) is 33.4 Å². The molecule has 0 aromatic carbocycles. The third-order valence-electron chi connectivity index (χ3n) is 5.18. The molecule has 2 atom stereocenters. The van der Waals surface area contributed by atoms with Crippen LogP contribution in [0.2, 0.25) is 0 Å². The van der Waals surface area contributed by atoms with Crippen molar-refractivity contribution < 1.29 is 13.7 Å². The van der Waals surface area contributed by atoms with Crippen molar-refractivity contribution in [3.63, 3.8) is 0 Å². The summed E-state index contributed by atoms with van der Waals surface area (Å²) in [6.07, 6.45) is 7.08. The van der Waals surface area contributed by atoms with Gasteiger partial charge >= 0.3 is 0 Å². The monoisotopic (exact) mass is 351 g/mol. The van der Waals surface area contributed by atoms with Crippen LogP contribution in [0.5, 0.6) is 0 Å². The molecule has 2 unspecified atom stereocenters. The smallest absolute Gasteiger partial charge is 0.273 e. The van der Waals surface area contributed by atoms with Gasteiger partial charge in [-0.15, -0.1) is 12.4 Å². The molecule has 0 radical (unpaired) electrons. The minimum Gasteiger partial charge on any atom is -0.461 e. The number of rotatable bonds is 3. The predicted octanol–water partition coefficient (Wildman–Crippen LogP) is 2.99. The average molecular weight is 352 g/mol. The fourth-order valence-electron chi connectivity index (χ4n) is 4.17. The van der Waals surface area contributed by atoms with E-state index < -0.39 is 0 Å². The van der Waals surface area contributed by atoms with E-state index in [-0.39, 0.29) is 30.4 Å². The molecule has 6 nitrogen and oxygen atoms in total. The molecular formula is C17H22ClN3O3. The molecule has 3 N–H and O–H groups in total. The molecule has 4 rings (SSSR count). The number of furan rings is 1. The molecule has 2 saturated carbocycles. The normalized spacial score (nSPS) is 28.9. The fraction of sp³-hybridized carbons (Fsp3) is 0.529. The zero-order chi connectivity index (χ0) is 15.8. The summed E-state index contributed by atoms with van der Waals surface area (Å²) in [7, 11) is 0. The highest BCUT2D eigenvalue weighted by molar-refractivity contribution is 5.93. The summed E-state index contributed by atoms with van der Waals surface area (Å²) in [6, 6.07) is 5.65. The van der Waals surface area contributed by atoms with Crippen molar-refractivity contribution in [3.8, 4) is 11.5 Å². The van der Waals surface area contributed by atoms with E-state index in [0.29, 0.717) is 29.1 Å². The van der Waals surface area contributed by atoms with Crippen molar-refractivity contribution in [1.82, 2.24) is 10.5 Å². The van der Waals surface area contributed by atoms with Crippen LogP contribution < -0.4 is 11.1 Å². The lowest BCUT2D eigenvalue weighted by molar-refractivity contribution is 0.0748.